The van der Waals surface area contributed by atoms with E-state index < -0.39 is 17.9 Å². The molecule has 0 aliphatic rings. The van der Waals surface area contributed by atoms with E-state index in [9.17, 15) is 14.4 Å². The Bertz CT molecular complexity index is 516. The van der Waals surface area contributed by atoms with Crippen molar-refractivity contribution in [3.8, 4) is 0 Å². The van der Waals surface area contributed by atoms with Crippen LogP contribution in [0.3, 0.4) is 0 Å². The van der Waals surface area contributed by atoms with Gasteiger partial charge in [-0.3, -0.25) is 0 Å². The average molecular weight is 310 g/mol. The van der Waals surface area contributed by atoms with E-state index in [4.69, 9.17) is 15.3 Å². The number of carbonyl (C=O) groups is 3. The molecule has 0 aromatic heterocycles. The number of carbonyl (C=O) groups excluding carboxylic acids is 1. The zero-order valence-electron chi connectivity index (χ0n) is 12.1. The topological polar surface area (TPSA) is 121 Å². The third kappa shape index (κ3) is 7.20. The van der Waals surface area contributed by atoms with Crippen LogP contribution in [-0.4, -0.2) is 46.4 Å². The molecule has 0 saturated heterocycles. The molecule has 0 amide bonds. The van der Waals surface area contributed by atoms with Crippen LogP contribution in [0.1, 0.15) is 34.1 Å². The number of carboxylic acid groups (broad SMARTS) is 2. The highest BCUT2D eigenvalue weighted by molar-refractivity contribution is 6.01. The lowest BCUT2D eigenvalue weighted by Gasteiger charge is -2.00. The van der Waals surface area contributed by atoms with Gasteiger partial charge in [0.2, 0.25) is 0 Å². The maximum Gasteiger partial charge on any atom is 0.336 e. The minimum atomic E-state index is -1.23. The van der Waals surface area contributed by atoms with Crippen molar-refractivity contribution < 1.29 is 34.4 Å². The molecular formula is C15H18O7. The van der Waals surface area contributed by atoms with E-state index in [1.165, 1.54) is 24.3 Å². The molecule has 1 aromatic rings. The van der Waals surface area contributed by atoms with Crippen LogP contribution in [-0.2, 0) is 9.53 Å². The Morgan fingerprint density at radius 2 is 1.55 bits per heavy atom. The third-order valence-corrected chi connectivity index (χ3v) is 2.27. The lowest BCUT2D eigenvalue weighted by molar-refractivity contribution is -0.139. The monoisotopic (exact) mass is 310 g/mol. The Balaban J connectivity index is 0.000000409. The van der Waals surface area contributed by atoms with Gasteiger partial charge in [0.05, 0.1) is 17.7 Å². The van der Waals surface area contributed by atoms with Crippen LogP contribution in [0.4, 0.5) is 0 Å². The van der Waals surface area contributed by atoms with Crippen molar-refractivity contribution in [2.24, 2.45) is 0 Å². The first-order chi connectivity index (χ1) is 10.3. The molecule has 7 nitrogen and oxygen atoms in total. The molecule has 0 radical (unpaired) electrons. The predicted octanol–water partition coefficient (Wildman–Crippen LogP) is 1.57. The van der Waals surface area contributed by atoms with Gasteiger partial charge in [-0.05, 0) is 19.1 Å². The first kappa shape index (κ1) is 19.3. The van der Waals surface area contributed by atoms with Crippen molar-refractivity contribution >= 4 is 17.9 Å². The summed E-state index contributed by atoms with van der Waals surface area (Å²) in [5, 5.41) is 25.4. The van der Waals surface area contributed by atoms with Crippen LogP contribution < -0.4 is 0 Å². The number of aromatic carboxylic acids is 2. The number of ether oxygens (including phenoxy) is 1. The second-order valence-electron chi connectivity index (χ2n) is 4.15. The zero-order valence-corrected chi connectivity index (χ0v) is 12.1. The van der Waals surface area contributed by atoms with Crippen LogP contribution >= 0.6 is 0 Å². The molecule has 0 bridgehead atoms. The second-order valence-corrected chi connectivity index (χ2v) is 4.15. The van der Waals surface area contributed by atoms with Crippen LogP contribution in [0.2, 0.25) is 0 Å². The van der Waals surface area contributed by atoms with E-state index in [0.717, 1.165) is 0 Å². The van der Waals surface area contributed by atoms with Gasteiger partial charge in [0, 0.05) is 18.6 Å². The molecule has 3 N–H and O–H groups in total. The molecule has 0 aliphatic heterocycles. The van der Waals surface area contributed by atoms with Crippen LogP contribution in [0, 0.1) is 0 Å². The molecule has 22 heavy (non-hydrogen) atoms. The van der Waals surface area contributed by atoms with E-state index in [2.05, 4.69) is 11.3 Å². The van der Waals surface area contributed by atoms with Gasteiger partial charge in [0.25, 0.3) is 0 Å². The van der Waals surface area contributed by atoms with Crippen LogP contribution in [0.15, 0.2) is 36.4 Å². The molecule has 0 fully saturated rings. The van der Waals surface area contributed by atoms with Gasteiger partial charge in [0.1, 0.15) is 0 Å². The summed E-state index contributed by atoms with van der Waals surface area (Å²) in [5.41, 5.74) is 0.00735. The van der Waals surface area contributed by atoms with E-state index >= 15 is 0 Å². The van der Waals surface area contributed by atoms with Gasteiger partial charge in [-0.25, -0.2) is 14.4 Å². The highest BCUT2D eigenvalue weighted by Gasteiger charge is 2.13. The Morgan fingerprint density at radius 3 is 1.86 bits per heavy atom. The summed E-state index contributed by atoms with van der Waals surface area (Å²) in [5.74, 6) is -2.85. The summed E-state index contributed by atoms with van der Waals surface area (Å²) in [6, 6.07) is 5.48. The fraction of sp³-hybridized carbons (Fsp3) is 0.267. The standard InChI is InChI=1S/C8H6O4.C7H12O3/c9-7(10)5-3-1-2-4-6(5)8(11)12;1-6(2)7(9)10-5-3-4-8/h1-4H,(H,9,10)(H,11,12);8H,1,3-5H2,2H3. The fourth-order valence-corrected chi connectivity index (χ4v) is 1.21. The average Bonchev–Trinajstić information content (AvgIpc) is 2.47. The van der Waals surface area contributed by atoms with Crippen molar-refractivity contribution in [1.29, 1.82) is 0 Å². The smallest absolute Gasteiger partial charge is 0.336 e. The Morgan fingerprint density at radius 1 is 1.09 bits per heavy atom. The molecule has 0 atom stereocenters. The van der Waals surface area contributed by atoms with Crippen LogP contribution in [0.5, 0.6) is 0 Å². The third-order valence-electron chi connectivity index (χ3n) is 2.27. The minimum absolute atomic E-state index is 0.0451. The van der Waals surface area contributed by atoms with Crippen molar-refractivity contribution in [3.05, 3.63) is 47.5 Å². The first-order valence-electron chi connectivity index (χ1n) is 6.30. The predicted molar refractivity (Wildman–Crippen MR) is 77.8 cm³/mol. The maximum absolute atomic E-state index is 10.6. The highest BCUT2D eigenvalue weighted by Crippen LogP contribution is 2.07. The van der Waals surface area contributed by atoms with Gasteiger partial charge < -0.3 is 20.1 Å². The van der Waals surface area contributed by atoms with E-state index in [0.29, 0.717) is 12.0 Å². The van der Waals surface area contributed by atoms with Crippen LogP contribution in [0.25, 0.3) is 0 Å². The minimum Gasteiger partial charge on any atom is -0.478 e. The van der Waals surface area contributed by atoms with Gasteiger partial charge in [-0.15, -0.1) is 0 Å². The van der Waals surface area contributed by atoms with E-state index in [1.54, 1.807) is 6.92 Å². The molecule has 1 aromatic carbocycles. The largest absolute Gasteiger partial charge is 0.478 e. The van der Waals surface area contributed by atoms with Crippen molar-refractivity contribution in [1.82, 2.24) is 0 Å². The van der Waals surface area contributed by atoms with Gasteiger partial charge in [-0.2, -0.15) is 0 Å². The lowest BCUT2D eigenvalue weighted by Crippen LogP contribution is -2.06. The fourth-order valence-electron chi connectivity index (χ4n) is 1.21. The number of aliphatic hydroxyl groups excluding tert-OH is 1. The number of aliphatic hydroxyl groups is 1. The Hall–Kier alpha value is -2.67. The van der Waals surface area contributed by atoms with Gasteiger partial charge in [-0.1, -0.05) is 18.7 Å². The molecule has 0 saturated carbocycles. The first-order valence-corrected chi connectivity index (χ1v) is 6.30. The molecule has 1 rings (SSSR count). The Labute approximate surface area is 127 Å². The molecule has 0 aliphatic carbocycles. The molecule has 0 spiro atoms. The number of rotatable bonds is 6. The second kappa shape index (κ2) is 10.1. The van der Waals surface area contributed by atoms with E-state index in [1.807, 2.05) is 0 Å². The Kier molecular flexibility index (Phi) is 8.89. The van der Waals surface area contributed by atoms with Gasteiger partial charge in [0.15, 0.2) is 0 Å². The molecule has 7 heteroatoms. The lowest BCUT2D eigenvalue weighted by atomic mass is 10.1. The van der Waals surface area contributed by atoms with Gasteiger partial charge >= 0.3 is 17.9 Å². The summed E-state index contributed by atoms with van der Waals surface area (Å²) in [7, 11) is 0. The zero-order chi connectivity index (χ0) is 17.1. The maximum atomic E-state index is 10.6. The summed E-state index contributed by atoms with van der Waals surface area (Å²) in [4.78, 5) is 31.5. The molecular weight excluding hydrogens is 292 g/mol. The number of benzene rings is 1. The quantitative estimate of drug-likeness (QED) is 0.414. The summed E-state index contributed by atoms with van der Waals surface area (Å²) in [6.45, 7) is 5.29. The van der Waals surface area contributed by atoms with E-state index in [-0.39, 0.29) is 24.3 Å². The van der Waals surface area contributed by atoms with Crippen molar-refractivity contribution in [3.63, 3.8) is 0 Å². The summed E-state index contributed by atoms with van der Waals surface area (Å²) >= 11 is 0. The number of hydrogen-bond donors (Lipinski definition) is 3. The normalized spacial score (nSPS) is 9.18. The number of hydrogen-bond acceptors (Lipinski definition) is 5. The molecule has 0 heterocycles. The van der Waals surface area contributed by atoms with Crippen molar-refractivity contribution in [2.75, 3.05) is 13.2 Å². The number of carboxylic acids is 2. The summed E-state index contributed by atoms with van der Waals surface area (Å²) < 4.78 is 4.65. The molecule has 120 valence electrons. The van der Waals surface area contributed by atoms with Crippen molar-refractivity contribution in [2.45, 2.75) is 13.3 Å². The SMILES string of the molecule is C=C(C)C(=O)OCCCO.O=C(O)c1ccccc1C(=O)O. The summed E-state index contributed by atoms with van der Waals surface area (Å²) in [6.07, 6.45) is 0.485. The molecule has 0 unspecified atom stereocenters. The number of esters is 1. The highest BCUT2D eigenvalue weighted by atomic mass is 16.5.